The maximum atomic E-state index is 3.60. The van der Waals surface area contributed by atoms with Crippen molar-refractivity contribution in [1.29, 1.82) is 0 Å². The van der Waals surface area contributed by atoms with Crippen LogP contribution in [0, 0.1) is 0 Å². The normalized spacial score (nSPS) is 24.0. The summed E-state index contributed by atoms with van der Waals surface area (Å²) < 4.78 is 0. The van der Waals surface area contributed by atoms with Gasteiger partial charge in [-0.1, -0.05) is 19.8 Å². The molecular formula is C12H26N2. The van der Waals surface area contributed by atoms with Crippen LogP contribution in [0.1, 0.15) is 52.4 Å². The third-order valence-corrected chi connectivity index (χ3v) is 3.14. The summed E-state index contributed by atoms with van der Waals surface area (Å²) in [7, 11) is 0. The number of rotatable bonds is 7. The van der Waals surface area contributed by atoms with Gasteiger partial charge in [0.25, 0.3) is 0 Å². The maximum absolute atomic E-state index is 3.60. The average Bonchev–Trinajstić information content (AvgIpc) is 2.67. The van der Waals surface area contributed by atoms with Gasteiger partial charge >= 0.3 is 0 Å². The van der Waals surface area contributed by atoms with E-state index in [1.54, 1.807) is 0 Å². The van der Waals surface area contributed by atoms with Gasteiger partial charge in [0.05, 0.1) is 0 Å². The smallest absolute Gasteiger partial charge is 0.00796 e. The Morgan fingerprint density at radius 2 is 2.36 bits per heavy atom. The van der Waals surface area contributed by atoms with Crippen LogP contribution in [0.3, 0.4) is 0 Å². The van der Waals surface area contributed by atoms with Crippen LogP contribution in [0.15, 0.2) is 0 Å². The second-order valence-electron chi connectivity index (χ2n) is 4.58. The lowest BCUT2D eigenvalue weighted by Crippen LogP contribution is -2.31. The van der Waals surface area contributed by atoms with E-state index in [0.29, 0.717) is 6.04 Å². The van der Waals surface area contributed by atoms with Crippen LogP contribution in [0.4, 0.5) is 0 Å². The zero-order valence-corrected chi connectivity index (χ0v) is 9.81. The molecule has 2 N–H and O–H groups in total. The third-order valence-electron chi connectivity index (χ3n) is 3.14. The zero-order chi connectivity index (χ0) is 10.2. The topological polar surface area (TPSA) is 24.1 Å². The predicted octanol–water partition coefficient (Wildman–Crippen LogP) is 2.30. The first-order chi connectivity index (χ1) is 6.83. The molecule has 0 radical (unpaired) electrons. The van der Waals surface area contributed by atoms with Gasteiger partial charge in [0.15, 0.2) is 0 Å². The number of hydrogen-bond acceptors (Lipinski definition) is 2. The van der Waals surface area contributed by atoms with Crippen molar-refractivity contribution in [2.45, 2.75) is 64.5 Å². The zero-order valence-electron chi connectivity index (χ0n) is 9.81. The molecule has 1 aliphatic rings. The molecule has 0 saturated carbocycles. The largest absolute Gasteiger partial charge is 0.314 e. The fourth-order valence-electron chi connectivity index (χ4n) is 2.12. The molecule has 0 amide bonds. The summed E-state index contributed by atoms with van der Waals surface area (Å²) in [6, 6.07) is 1.50. The summed E-state index contributed by atoms with van der Waals surface area (Å²) in [5.41, 5.74) is 0. The van der Waals surface area contributed by atoms with Gasteiger partial charge in [-0.05, 0) is 45.7 Å². The van der Waals surface area contributed by atoms with E-state index in [-0.39, 0.29) is 0 Å². The van der Waals surface area contributed by atoms with Crippen molar-refractivity contribution in [3.8, 4) is 0 Å². The lowest BCUT2D eigenvalue weighted by Gasteiger charge is -2.15. The first-order valence-corrected chi connectivity index (χ1v) is 6.29. The van der Waals surface area contributed by atoms with E-state index in [1.807, 2.05) is 0 Å². The predicted molar refractivity (Wildman–Crippen MR) is 62.6 cm³/mol. The van der Waals surface area contributed by atoms with Crippen LogP contribution in [0.2, 0.25) is 0 Å². The second kappa shape index (κ2) is 7.24. The first kappa shape index (κ1) is 12.0. The Hall–Kier alpha value is -0.0800. The highest BCUT2D eigenvalue weighted by atomic mass is 15.0. The molecule has 1 fully saturated rings. The minimum Gasteiger partial charge on any atom is -0.314 e. The summed E-state index contributed by atoms with van der Waals surface area (Å²) in [5.74, 6) is 0. The van der Waals surface area contributed by atoms with E-state index >= 15 is 0 Å². The Kier molecular flexibility index (Phi) is 6.20. The first-order valence-electron chi connectivity index (χ1n) is 6.29. The van der Waals surface area contributed by atoms with Gasteiger partial charge in [0, 0.05) is 12.1 Å². The molecule has 84 valence electrons. The van der Waals surface area contributed by atoms with Crippen LogP contribution in [-0.4, -0.2) is 25.2 Å². The summed E-state index contributed by atoms with van der Waals surface area (Å²) in [5, 5.41) is 7.14. The Labute approximate surface area is 88.8 Å². The molecule has 1 heterocycles. The van der Waals surface area contributed by atoms with Gasteiger partial charge in [-0.15, -0.1) is 0 Å². The minimum atomic E-state index is 0.705. The fraction of sp³-hybridized carbons (Fsp3) is 1.00. The minimum absolute atomic E-state index is 0.705. The van der Waals surface area contributed by atoms with Crippen molar-refractivity contribution >= 4 is 0 Å². The average molecular weight is 198 g/mol. The lowest BCUT2D eigenvalue weighted by molar-refractivity contribution is 0.457. The molecule has 0 aromatic rings. The summed E-state index contributed by atoms with van der Waals surface area (Å²) in [6.07, 6.45) is 8.05. The Balaban J connectivity index is 1.91. The standard InChI is InChI=1S/C12H26N2/c1-3-4-6-11(2)13-10-8-12-7-5-9-14-12/h11-14H,3-10H2,1-2H3. The van der Waals surface area contributed by atoms with E-state index in [4.69, 9.17) is 0 Å². The molecule has 0 aromatic heterocycles. The van der Waals surface area contributed by atoms with Crippen molar-refractivity contribution in [3.05, 3.63) is 0 Å². The van der Waals surface area contributed by atoms with Crippen molar-refractivity contribution in [3.63, 3.8) is 0 Å². The van der Waals surface area contributed by atoms with Gasteiger partial charge in [-0.2, -0.15) is 0 Å². The summed E-state index contributed by atoms with van der Waals surface area (Å²) >= 11 is 0. The molecule has 2 unspecified atom stereocenters. The Morgan fingerprint density at radius 3 is 3.00 bits per heavy atom. The van der Waals surface area contributed by atoms with E-state index in [0.717, 1.165) is 6.04 Å². The molecule has 0 aliphatic carbocycles. The van der Waals surface area contributed by atoms with Crippen LogP contribution in [-0.2, 0) is 0 Å². The third kappa shape index (κ3) is 4.97. The van der Waals surface area contributed by atoms with Crippen molar-refractivity contribution in [2.75, 3.05) is 13.1 Å². The molecule has 2 atom stereocenters. The van der Waals surface area contributed by atoms with E-state index in [1.165, 1.54) is 51.6 Å². The highest BCUT2D eigenvalue weighted by Crippen LogP contribution is 2.08. The molecule has 0 spiro atoms. The number of nitrogens with one attached hydrogen (secondary N) is 2. The van der Waals surface area contributed by atoms with Gasteiger partial charge < -0.3 is 10.6 Å². The van der Waals surface area contributed by atoms with Crippen LogP contribution >= 0.6 is 0 Å². The number of hydrogen-bond donors (Lipinski definition) is 2. The highest BCUT2D eigenvalue weighted by molar-refractivity contribution is 4.75. The van der Waals surface area contributed by atoms with Gasteiger partial charge in [-0.3, -0.25) is 0 Å². The summed E-state index contributed by atoms with van der Waals surface area (Å²) in [4.78, 5) is 0. The van der Waals surface area contributed by atoms with Gasteiger partial charge in [0.1, 0.15) is 0 Å². The molecule has 1 aliphatic heterocycles. The van der Waals surface area contributed by atoms with Crippen LogP contribution < -0.4 is 10.6 Å². The monoisotopic (exact) mass is 198 g/mol. The van der Waals surface area contributed by atoms with E-state index in [2.05, 4.69) is 24.5 Å². The lowest BCUT2D eigenvalue weighted by atomic mass is 10.1. The Morgan fingerprint density at radius 1 is 1.50 bits per heavy atom. The molecular weight excluding hydrogens is 172 g/mol. The Bertz CT molecular complexity index is 130. The SMILES string of the molecule is CCCCC(C)NCCC1CCCN1. The quantitative estimate of drug-likeness (QED) is 0.656. The molecule has 1 rings (SSSR count). The maximum Gasteiger partial charge on any atom is 0.00796 e. The van der Waals surface area contributed by atoms with Crippen LogP contribution in [0.5, 0.6) is 0 Å². The summed E-state index contributed by atoms with van der Waals surface area (Å²) in [6.45, 7) is 6.98. The van der Waals surface area contributed by atoms with Crippen molar-refractivity contribution in [1.82, 2.24) is 10.6 Å². The van der Waals surface area contributed by atoms with Crippen molar-refractivity contribution in [2.24, 2.45) is 0 Å². The molecule has 0 aromatic carbocycles. The van der Waals surface area contributed by atoms with Crippen LogP contribution in [0.25, 0.3) is 0 Å². The van der Waals surface area contributed by atoms with Crippen molar-refractivity contribution < 1.29 is 0 Å². The highest BCUT2D eigenvalue weighted by Gasteiger charge is 2.13. The van der Waals surface area contributed by atoms with Gasteiger partial charge in [0.2, 0.25) is 0 Å². The second-order valence-corrected chi connectivity index (χ2v) is 4.58. The fourth-order valence-corrected chi connectivity index (χ4v) is 2.12. The molecule has 0 bridgehead atoms. The van der Waals surface area contributed by atoms with Gasteiger partial charge in [-0.25, -0.2) is 0 Å². The molecule has 2 heteroatoms. The molecule has 1 saturated heterocycles. The number of unbranched alkanes of at least 4 members (excludes halogenated alkanes) is 1. The van der Waals surface area contributed by atoms with E-state index < -0.39 is 0 Å². The molecule has 2 nitrogen and oxygen atoms in total. The molecule has 14 heavy (non-hydrogen) atoms. The van der Waals surface area contributed by atoms with E-state index in [9.17, 15) is 0 Å².